The second kappa shape index (κ2) is 7.09. The van der Waals surface area contributed by atoms with Gasteiger partial charge in [-0.25, -0.2) is 4.68 Å². The molecule has 0 fully saturated rings. The maximum Gasteiger partial charge on any atom is 0.274 e. The summed E-state index contributed by atoms with van der Waals surface area (Å²) in [5.41, 5.74) is 2.68. The average molecular weight is 415 g/mol. The summed E-state index contributed by atoms with van der Waals surface area (Å²) in [6.45, 7) is 3.40. The Bertz CT molecular complexity index is 996. The van der Waals surface area contributed by atoms with E-state index in [9.17, 15) is 14.9 Å². The van der Waals surface area contributed by atoms with Gasteiger partial charge in [-0.3, -0.25) is 14.9 Å². The maximum absolute atomic E-state index is 12.6. The number of carbonyl (C=O) groups excluding carboxylic acids is 1. The van der Waals surface area contributed by atoms with Crippen LogP contribution in [-0.4, -0.2) is 20.6 Å². The maximum atomic E-state index is 12.6. The highest BCUT2D eigenvalue weighted by Gasteiger charge is 2.19. The predicted molar refractivity (Wildman–Crippen MR) is 102 cm³/mol. The van der Waals surface area contributed by atoms with Gasteiger partial charge in [-0.2, -0.15) is 5.10 Å². The van der Waals surface area contributed by atoms with Gasteiger partial charge in [0.1, 0.15) is 0 Å². The Kier molecular flexibility index (Phi) is 4.85. The van der Waals surface area contributed by atoms with E-state index in [0.717, 1.165) is 10.2 Å². The van der Waals surface area contributed by atoms with Crippen molar-refractivity contribution < 1.29 is 9.72 Å². The SMILES string of the molecule is Cc1c(NC(=O)c2cnn(-c3ccc(Br)cc3)c2C)cccc1[N+](=O)[O-]. The number of anilines is 1. The molecule has 0 spiro atoms. The van der Waals surface area contributed by atoms with Gasteiger partial charge in [-0.15, -0.1) is 0 Å². The fraction of sp³-hybridized carbons (Fsp3) is 0.111. The summed E-state index contributed by atoms with van der Waals surface area (Å²) in [7, 11) is 0. The molecule has 0 atom stereocenters. The van der Waals surface area contributed by atoms with Crippen LogP contribution in [0.5, 0.6) is 0 Å². The molecule has 8 heteroatoms. The molecule has 7 nitrogen and oxygen atoms in total. The number of aromatic nitrogens is 2. The lowest BCUT2D eigenvalue weighted by atomic mass is 10.1. The van der Waals surface area contributed by atoms with Crippen LogP contribution < -0.4 is 5.32 Å². The summed E-state index contributed by atoms with van der Waals surface area (Å²) in [4.78, 5) is 23.2. The Hall–Kier alpha value is -3.00. The molecule has 1 heterocycles. The molecule has 0 unspecified atom stereocenters. The molecular weight excluding hydrogens is 400 g/mol. The van der Waals surface area contributed by atoms with Gasteiger partial charge in [0, 0.05) is 10.5 Å². The first kappa shape index (κ1) is 17.8. The highest BCUT2D eigenvalue weighted by Crippen LogP contribution is 2.26. The fourth-order valence-electron chi connectivity index (χ4n) is 2.62. The largest absolute Gasteiger partial charge is 0.321 e. The monoisotopic (exact) mass is 414 g/mol. The first-order chi connectivity index (χ1) is 12.4. The second-order valence-corrected chi connectivity index (χ2v) is 6.61. The lowest BCUT2D eigenvalue weighted by Crippen LogP contribution is -2.14. The number of nitro benzene ring substituents is 1. The Morgan fingerprint density at radius 3 is 2.54 bits per heavy atom. The van der Waals surface area contributed by atoms with Gasteiger partial charge in [0.25, 0.3) is 11.6 Å². The van der Waals surface area contributed by atoms with E-state index in [1.54, 1.807) is 30.7 Å². The molecule has 3 aromatic rings. The number of amides is 1. The van der Waals surface area contributed by atoms with Gasteiger partial charge < -0.3 is 5.32 Å². The third kappa shape index (κ3) is 3.36. The highest BCUT2D eigenvalue weighted by molar-refractivity contribution is 9.10. The summed E-state index contributed by atoms with van der Waals surface area (Å²) in [5.74, 6) is -0.366. The quantitative estimate of drug-likeness (QED) is 0.505. The Morgan fingerprint density at radius 2 is 1.88 bits per heavy atom. The molecule has 1 aromatic heterocycles. The standard InChI is InChI=1S/C18H15BrN4O3/c1-11-16(4-3-5-17(11)23(25)26)21-18(24)15-10-20-22(12(15)2)14-8-6-13(19)7-9-14/h3-10H,1-2H3,(H,21,24). The van der Waals surface area contributed by atoms with Crippen LogP contribution in [0.15, 0.2) is 53.1 Å². The minimum Gasteiger partial charge on any atom is -0.321 e. The van der Waals surface area contributed by atoms with E-state index in [0.29, 0.717) is 22.5 Å². The molecule has 0 aliphatic heterocycles. The smallest absolute Gasteiger partial charge is 0.274 e. The number of carbonyl (C=O) groups is 1. The number of rotatable bonds is 4. The van der Waals surface area contributed by atoms with Crippen LogP contribution in [0, 0.1) is 24.0 Å². The predicted octanol–water partition coefficient (Wildman–Crippen LogP) is 4.41. The summed E-state index contributed by atoms with van der Waals surface area (Å²) in [5, 5.41) is 18.1. The normalized spacial score (nSPS) is 10.6. The Labute approximate surface area is 157 Å². The molecule has 2 aromatic carbocycles. The van der Waals surface area contributed by atoms with E-state index in [1.807, 2.05) is 24.3 Å². The molecular formula is C18H15BrN4O3. The molecule has 132 valence electrons. The number of nitrogens with zero attached hydrogens (tertiary/aromatic N) is 3. The number of halogens is 1. The molecule has 1 amide bonds. The summed E-state index contributed by atoms with van der Waals surface area (Å²) < 4.78 is 2.62. The van der Waals surface area contributed by atoms with E-state index >= 15 is 0 Å². The third-order valence-corrected chi connectivity index (χ3v) is 4.60. The lowest BCUT2D eigenvalue weighted by Gasteiger charge is -2.09. The van der Waals surface area contributed by atoms with Crippen molar-refractivity contribution in [2.45, 2.75) is 13.8 Å². The molecule has 0 radical (unpaired) electrons. The molecule has 0 aliphatic carbocycles. The van der Waals surface area contributed by atoms with Crippen molar-refractivity contribution in [3.63, 3.8) is 0 Å². The van der Waals surface area contributed by atoms with Crippen LogP contribution >= 0.6 is 15.9 Å². The van der Waals surface area contributed by atoms with Crippen LogP contribution in [0.2, 0.25) is 0 Å². The van der Waals surface area contributed by atoms with Crippen molar-refractivity contribution in [1.82, 2.24) is 9.78 Å². The highest BCUT2D eigenvalue weighted by atomic mass is 79.9. The zero-order chi connectivity index (χ0) is 18.8. The molecule has 0 saturated heterocycles. The van der Waals surface area contributed by atoms with E-state index < -0.39 is 4.92 Å². The number of hydrogen-bond donors (Lipinski definition) is 1. The number of nitrogens with one attached hydrogen (secondary N) is 1. The van der Waals surface area contributed by atoms with Crippen LogP contribution in [0.4, 0.5) is 11.4 Å². The average Bonchev–Trinajstić information content (AvgIpc) is 2.99. The zero-order valence-electron chi connectivity index (χ0n) is 14.1. The van der Waals surface area contributed by atoms with E-state index in [4.69, 9.17) is 0 Å². The van der Waals surface area contributed by atoms with Crippen molar-refractivity contribution in [3.05, 3.63) is 80.1 Å². The van der Waals surface area contributed by atoms with Crippen molar-refractivity contribution in [3.8, 4) is 5.69 Å². The van der Waals surface area contributed by atoms with Crippen LogP contribution in [0.25, 0.3) is 5.69 Å². The van der Waals surface area contributed by atoms with E-state index in [2.05, 4.69) is 26.3 Å². The first-order valence-electron chi connectivity index (χ1n) is 7.74. The summed E-state index contributed by atoms with van der Waals surface area (Å²) in [6, 6.07) is 12.1. The van der Waals surface area contributed by atoms with E-state index in [1.165, 1.54) is 12.3 Å². The van der Waals surface area contributed by atoms with Crippen molar-refractivity contribution >= 4 is 33.2 Å². The molecule has 3 rings (SSSR count). The minimum absolute atomic E-state index is 0.0370. The molecule has 0 bridgehead atoms. The Balaban J connectivity index is 1.89. The van der Waals surface area contributed by atoms with Gasteiger partial charge in [-0.1, -0.05) is 22.0 Å². The summed E-state index contributed by atoms with van der Waals surface area (Å²) >= 11 is 3.38. The lowest BCUT2D eigenvalue weighted by molar-refractivity contribution is -0.385. The van der Waals surface area contributed by atoms with Crippen LogP contribution in [-0.2, 0) is 0 Å². The van der Waals surface area contributed by atoms with Gasteiger partial charge in [0.15, 0.2) is 0 Å². The molecule has 26 heavy (non-hydrogen) atoms. The first-order valence-corrected chi connectivity index (χ1v) is 8.53. The van der Waals surface area contributed by atoms with Crippen molar-refractivity contribution in [1.29, 1.82) is 0 Å². The van der Waals surface area contributed by atoms with Crippen LogP contribution in [0.3, 0.4) is 0 Å². The molecule has 1 N–H and O–H groups in total. The molecule has 0 saturated carbocycles. The van der Waals surface area contributed by atoms with Crippen molar-refractivity contribution in [2.24, 2.45) is 0 Å². The van der Waals surface area contributed by atoms with Crippen LogP contribution in [0.1, 0.15) is 21.6 Å². The van der Waals surface area contributed by atoms with E-state index in [-0.39, 0.29) is 11.6 Å². The van der Waals surface area contributed by atoms with Gasteiger partial charge in [-0.05, 0) is 44.2 Å². The third-order valence-electron chi connectivity index (χ3n) is 4.08. The van der Waals surface area contributed by atoms with Gasteiger partial charge >= 0.3 is 0 Å². The number of hydrogen-bond acceptors (Lipinski definition) is 4. The molecule has 0 aliphatic rings. The van der Waals surface area contributed by atoms with Crippen molar-refractivity contribution in [2.75, 3.05) is 5.32 Å². The second-order valence-electron chi connectivity index (χ2n) is 5.69. The number of nitro groups is 1. The minimum atomic E-state index is -0.470. The van der Waals surface area contributed by atoms with Gasteiger partial charge in [0.05, 0.1) is 39.3 Å². The summed E-state index contributed by atoms with van der Waals surface area (Å²) in [6.07, 6.45) is 1.49. The van der Waals surface area contributed by atoms with Gasteiger partial charge in [0.2, 0.25) is 0 Å². The fourth-order valence-corrected chi connectivity index (χ4v) is 2.89. The topological polar surface area (TPSA) is 90.1 Å². The Morgan fingerprint density at radius 1 is 1.19 bits per heavy atom. The zero-order valence-corrected chi connectivity index (χ0v) is 15.6. The number of benzene rings is 2.